The van der Waals surface area contributed by atoms with Crippen LogP contribution in [0.2, 0.25) is 5.02 Å². The van der Waals surface area contributed by atoms with E-state index in [1.54, 1.807) is 18.2 Å². The summed E-state index contributed by atoms with van der Waals surface area (Å²) in [5.41, 5.74) is 5.18. The van der Waals surface area contributed by atoms with Crippen molar-refractivity contribution in [1.29, 1.82) is 0 Å². The summed E-state index contributed by atoms with van der Waals surface area (Å²) in [6.45, 7) is 0. The molecule has 2 aromatic carbocycles. The lowest BCUT2D eigenvalue weighted by atomic mass is 10.1. The smallest absolute Gasteiger partial charge is 0.269 e. The fourth-order valence-electron chi connectivity index (χ4n) is 2.10. The summed E-state index contributed by atoms with van der Waals surface area (Å²) in [5, 5.41) is 0.420. The first-order valence-electron chi connectivity index (χ1n) is 7.16. The molecule has 25 heavy (non-hydrogen) atoms. The molecule has 0 unspecified atom stereocenters. The van der Waals surface area contributed by atoms with Gasteiger partial charge in [-0.25, -0.2) is 0 Å². The third-order valence-electron chi connectivity index (χ3n) is 3.30. The molecule has 0 aliphatic rings. The Morgan fingerprint density at radius 3 is 1.88 bits per heavy atom. The number of nitrogens with one attached hydrogen (secondary N) is 2. The largest absolute Gasteiger partial charge is 0.493 e. The van der Waals surface area contributed by atoms with Crippen LogP contribution in [-0.2, 0) is 0 Å². The molecule has 0 atom stereocenters. The van der Waals surface area contributed by atoms with Crippen LogP contribution in [0, 0.1) is 0 Å². The minimum atomic E-state index is -0.547. The van der Waals surface area contributed by atoms with Crippen LogP contribution in [0.5, 0.6) is 17.2 Å². The van der Waals surface area contributed by atoms with Gasteiger partial charge < -0.3 is 14.2 Å². The second-order valence-corrected chi connectivity index (χ2v) is 5.27. The number of hydrogen-bond donors (Lipinski definition) is 2. The molecule has 7 nitrogen and oxygen atoms in total. The Bertz CT molecular complexity index is 769. The summed E-state index contributed by atoms with van der Waals surface area (Å²) in [4.78, 5) is 24.3. The highest BCUT2D eigenvalue weighted by molar-refractivity contribution is 6.30. The standard InChI is InChI=1S/C17H17ClN2O5/c1-23-13-8-11(9-14(24-2)15(13)25-3)17(22)20-19-16(21)10-5-4-6-12(18)7-10/h4-9H,1-3H3,(H,19,21)(H,20,22). The van der Waals surface area contributed by atoms with Crippen molar-refractivity contribution >= 4 is 23.4 Å². The summed E-state index contributed by atoms with van der Waals surface area (Å²) in [6.07, 6.45) is 0. The van der Waals surface area contributed by atoms with E-state index in [0.29, 0.717) is 27.8 Å². The number of amides is 2. The Hall–Kier alpha value is -2.93. The number of hydrazine groups is 1. The van der Waals surface area contributed by atoms with Crippen LogP contribution in [0.15, 0.2) is 36.4 Å². The van der Waals surface area contributed by atoms with Gasteiger partial charge in [-0.15, -0.1) is 0 Å². The molecule has 0 aliphatic heterocycles. The summed E-state index contributed by atoms with van der Waals surface area (Å²) in [7, 11) is 4.35. The lowest BCUT2D eigenvalue weighted by molar-refractivity contribution is 0.0846. The van der Waals surface area contributed by atoms with Crippen LogP contribution >= 0.6 is 11.6 Å². The van der Waals surface area contributed by atoms with Crippen molar-refractivity contribution in [3.05, 3.63) is 52.5 Å². The van der Waals surface area contributed by atoms with Gasteiger partial charge >= 0.3 is 0 Å². The molecule has 0 fully saturated rings. The van der Waals surface area contributed by atoms with Gasteiger partial charge in [-0.2, -0.15) is 0 Å². The molecule has 0 bridgehead atoms. The molecule has 0 spiro atoms. The minimum Gasteiger partial charge on any atom is -0.493 e. The Morgan fingerprint density at radius 1 is 0.840 bits per heavy atom. The second-order valence-electron chi connectivity index (χ2n) is 4.83. The van der Waals surface area contributed by atoms with Crippen LogP contribution in [0.3, 0.4) is 0 Å². The molecule has 2 rings (SSSR count). The number of carbonyl (C=O) groups is 2. The Labute approximate surface area is 149 Å². The van der Waals surface area contributed by atoms with Crippen molar-refractivity contribution in [1.82, 2.24) is 10.9 Å². The summed E-state index contributed by atoms with van der Waals surface area (Å²) in [6, 6.07) is 9.30. The van der Waals surface area contributed by atoms with Gasteiger partial charge in [0, 0.05) is 16.1 Å². The van der Waals surface area contributed by atoms with Crippen LogP contribution < -0.4 is 25.1 Å². The highest BCUT2D eigenvalue weighted by Gasteiger charge is 2.17. The zero-order valence-electron chi connectivity index (χ0n) is 13.9. The van der Waals surface area contributed by atoms with Crippen molar-refractivity contribution in [2.45, 2.75) is 0 Å². The maximum absolute atomic E-state index is 12.3. The van der Waals surface area contributed by atoms with Crippen molar-refractivity contribution in [3.63, 3.8) is 0 Å². The van der Waals surface area contributed by atoms with Gasteiger partial charge in [0.05, 0.1) is 21.3 Å². The average molecular weight is 365 g/mol. The predicted octanol–water partition coefficient (Wildman–Crippen LogP) is 2.44. The summed E-state index contributed by atoms with van der Waals surface area (Å²) in [5.74, 6) is -0.0243. The molecular weight excluding hydrogens is 348 g/mol. The molecule has 0 radical (unpaired) electrons. The van der Waals surface area contributed by atoms with E-state index in [1.807, 2.05) is 0 Å². The summed E-state index contributed by atoms with van der Waals surface area (Å²) >= 11 is 5.84. The SMILES string of the molecule is COc1cc(C(=O)NNC(=O)c2cccc(Cl)c2)cc(OC)c1OC. The number of ether oxygens (including phenoxy) is 3. The van der Waals surface area contributed by atoms with Gasteiger partial charge in [-0.3, -0.25) is 20.4 Å². The van der Waals surface area contributed by atoms with Crippen molar-refractivity contribution in [2.75, 3.05) is 21.3 Å². The molecule has 0 saturated carbocycles. The van der Waals surface area contributed by atoms with Gasteiger partial charge in [-0.1, -0.05) is 17.7 Å². The van der Waals surface area contributed by atoms with Gasteiger partial charge in [0.1, 0.15) is 0 Å². The molecule has 0 aliphatic carbocycles. The highest BCUT2D eigenvalue weighted by atomic mass is 35.5. The predicted molar refractivity (Wildman–Crippen MR) is 92.5 cm³/mol. The number of halogens is 1. The van der Waals surface area contributed by atoms with E-state index in [1.165, 1.54) is 39.5 Å². The van der Waals surface area contributed by atoms with E-state index in [2.05, 4.69) is 10.9 Å². The maximum Gasteiger partial charge on any atom is 0.269 e. The normalized spacial score (nSPS) is 9.92. The first-order valence-corrected chi connectivity index (χ1v) is 7.54. The molecule has 0 aromatic heterocycles. The van der Waals surface area contributed by atoms with Gasteiger partial charge in [0.2, 0.25) is 5.75 Å². The topological polar surface area (TPSA) is 85.9 Å². The van der Waals surface area contributed by atoms with Crippen LogP contribution in [0.25, 0.3) is 0 Å². The van der Waals surface area contributed by atoms with E-state index in [-0.39, 0.29) is 5.56 Å². The van der Waals surface area contributed by atoms with Gasteiger partial charge in [-0.05, 0) is 30.3 Å². The minimum absolute atomic E-state index is 0.223. The molecule has 0 heterocycles. The number of benzene rings is 2. The molecule has 8 heteroatoms. The van der Waals surface area contributed by atoms with Gasteiger partial charge in [0.15, 0.2) is 11.5 Å². The number of methoxy groups -OCH3 is 3. The third kappa shape index (κ3) is 4.33. The molecule has 0 saturated heterocycles. The first-order chi connectivity index (χ1) is 12.0. The quantitative estimate of drug-likeness (QED) is 0.796. The van der Waals surface area contributed by atoms with Crippen LogP contribution in [0.4, 0.5) is 0 Å². The average Bonchev–Trinajstić information content (AvgIpc) is 2.64. The maximum atomic E-state index is 12.3. The number of hydrogen-bond acceptors (Lipinski definition) is 5. The van der Waals surface area contributed by atoms with Crippen molar-refractivity contribution in [2.24, 2.45) is 0 Å². The van der Waals surface area contributed by atoms with Gasteiger partial charge in [0.25, 0.3) is 11.8 Å². The van der Waals surface area contributed by atoms with E-state index in [4.69, 9.17) is 25.8 Å². The van der Waals surface area contributed by atoms with E-state index >= 15 is 0 Å². The van der Waals surface area contributed by atoms with Crippen molar-refractivity contribution < 1.29 is 23.8 Å². The Balaban J connectivity index is 2.14. The molecule has 2 amide bonds. The first kappa shape index (κ1) is 18.4. The monoisotopic (exact) mass is 364 g/mol. The zero-order chi connectivity index (χ0) is 18.4. The number of rotatable bonds is 5. The lowest BCUT2D eigenvalue weighted by Gasteiger charge is -2.14. The van der Waals surface area contributed by atoms with E-state index in [9.17, 15) is 9.59 Å². The fraction of sp³-hybridized carbons (Fsp3) is 0.176. The lowest BCUT2D eigenvalue weighted by Crippen LogP contribution is -2.41. The van der Waals surface area contributed by atoms with E-state index < -0.39 is 11.8 Å². The van der Waals surface area contributed by atoms with Crippen molar-refractivity contribution in [3.8, 4) is 17.2 Å². The van der Waals surface area contributed by atoms with Crippen LogP contribution in [-0.4, -0.2) is 33.1 Å². The second kappa shape index (κ2) is 8.25. The molecule has 2 aromatic rings. The summed E-state index contributed by atoms with van der Waals surface area (Å²) < 4.78 is 15.6. The van der Waals surface area contributed by atoms with Crippen LogP contribution in [0.1, 0.15) is 20.7 Å². The number of carbonyl (C=O) groups excluding carboxylic acids is 2. The highest BCUT2D eigenvalue weighted by Crippen LogP contribution is 2.38. The fourth-order valence-corrected chi connectivity index (χ4v) is 2.29. The third-order valence-corrected chi connectivity index (χ3v) is 3.54. The molecule has 132 valence electrons. The molecular formula is C17H17ClN2O5. The Morgan fingerprint density at radius 2 is 1.40 bits per heavy atom. The zero-order valence-corrected chi connectivity index (χ0v) is 14.6. The molecule has 2 N–H and O–H groups in total. The Kier molecular flexibility index (Phi) is 6.08. The van der Waals surface area contributed by atoms with E-state index in [0.717, 1.165) is 0 Å².